The van der Waals surface area contributed by atoms with Crippen molar-refractivity contribution in [2.45, 2.75) is 6.04 Å². The number of nitrogens with zero attached hydrogens (tertiary/aromatic N) is 1. The summed E-state index contributed by atoms with van der Waals surface area (Å²) in [5.41, 5.74) is 5.81. The second-order valence-electron chi connectivity index (χ2n) is 3.09. The standard InChI is InChI=1S/C9H7BrFN3O/c10-4-1-2-5(6(11)3-4)7-8(12)14-9(15)13-7/h1-3,7H,(H3,12,13,14,15). The van der Waals surface area contributed by atoms with Gasteiger partial charge in [-0.05, 0) is 12.1 Å². The van der Waals surface area contributed by atoms with Gasteiger partial charge in [0.05, 0.1) is 0 Å². The zero-order valence-electron chi connectivity index (χ0n) is 7.50. The van der Waals surface area contributed by atoms with Crippen LogP contribution in [0.3, 0.4) is 0 Å². The topological polar surface area (TPSA) is 67.5 Å². The second kappa shape index (κ2) is 3.62. The first kappa shape index (κ1) is 10.1. The summed E-state index contributed by atoms with van der Waals surface area (Å²) in [5, 5.41) is 2.46. The van der Waals surface area contributed by atoms with Gasteiger partial charge in [-0.25, -0.2) is 9.18 Å². The molecule has 6 heteroatoms. The molecule has 0 aliphatic carbocycles. The average Bonchev–Trinajstić information content (AvgIpc) is 2.45. The normalized spacial score (nSPS) is 20.0. The highest BCUT2D eigenvalue weighted by atomic mass is 79.9. The largest absolute Gasteiger partial charge is 0.385 e. The molecule has 3 N–H and O–H groups in total. The summed E-state index contributed by atoms with van der Waals surface area (Å²) >= 11 is 3.14. The van der Waals surface area contributed by atoms with Crippen LogP contribution in [0.4, 0.5) is 9.18 Å². The molecule has 1 heterocycles. The Morgan fingerprint density at radius 2 is 2.27 bits per heavy atom. The van der Waals surface area contributed by atoms with Crippen LogP contribution in [-0.4, -0.2) is 11.9 Å². The molecule has 1 aromatic carbocycles. The number of urea groups is 1. The fourth-order valence-electron chi connectivity index (χ4n) is 1.38. The van der Waals surface area contributed by atoms with Crippen molar-refractivity contribution in [1.29, 1.82) is 0 Å². The number of halogens is 2. The molecule has 0 saturated carbocycles. The zero-order valence-corrected chi connectivity index (χ0v) is 9.08. The quantitative estimate of drug-likeness (QED) is 0.817. The van der Waals surface area contributed by atoms with E-state index in [0.717, 1.165) is 0 Å². The number of carbonyl (C=O) groups is 1. The Hall–Kier alpha value is -1.43. The number of amidine groups is 1. The highest BCUT2D eigenvalue weighted by Gasteiger charge is 2.27. The molecule has 4 nitrogen and oxygen atoms in total. The first-order valence-corrected chi connectivity index (χ1v) is 4.97. The number of aliphatic imine (C=N–C) groups is 1. The molecule has 0 bridgehead atoms. The Morgan fingerprint density at radius 1 is 1.53 bits per heavy atom. The van der Waals surface area contributed by atoms with E-state index in [0.29, 0.717) is 10.0 Å². The van der Waals surface area contributed by atoms with E-state index >= 15 is 0 Å². The van der Waals surface area contributed by atoms with Crippen LogP contribution in [0, 0.1) is 5.82 Å². The van der Waals surface area contributed by atoms with Crippen molar-refractivity contribution in [3.8, 4) is 0 Å². The Balaban J connectivity index is 2.39. The smallest absolute Gasteiger partial charge is 0.343 e. The average molecular weight is 272 g/mol. The molecule has 0 fully saturated rings. The Labute approximate surface area is 93.5 Å². The van der Waals surface area contributed by atoms with Crippen LogP contribution in [0.2, 0.25) is 0 Å². The predicted molar refractivity (Wildman–Crippen MR) is 57.0 cm³/mol. The Morgan fingerprint density at radius 3 is 2.80 bits per heavy atom. The molecule has 1 unspecified atom stereocenters. The van der Waals surface area contributed by atoms with E-state index in [1.54, 1.807) is 12.1 Å². The van der Waals surface area contributed by atoms with E-state index in [1.165, 1.54) is 6.07 Å². The third kappa shape index (κ3) is 1.85. The van der Waals surface area contributed by atoms with Gasteiger partial charge in [-0.3, -0.25) is 0 Å². The number of rotatable bonds is 1. The fourth-order valence-corrected chi connectivity index (χ4v) is 1.72. The lowest BCUT2D eigenvalue weighted by atomic mass is 10.1. The first-order chi connectivity index (χ1) is 7.08. The number of benzene rings is 1. The summed E-state index contributed by atoms with van der Waals surface area (Å²) in [4.78, 5) is 14.4. The first-order valence-electron chi connectivity index (χ1n) is 4.17. The van der Waals surface area contributed by atoms with Crippen LogP contribution in [0.15, 0.2) is 27.7 Å². The third-order valence-corrected chi connectivity index (χ3v) is 2.56. The van der Waals surface area contributed by atoms with Crippen LogP contribution in [0.5, 0.6) is 0 Å². The number of nitrogens with two attached hydrogens (primary N) is 1. The lowest BCUT2D eigenvalue weighted by Gasteiger charge is -2.11. The van der Waals surface area contributed by atoms with Crippen molar-refractivity contribution in [3.05, 3.63) is 34.1 Å². The summed E-state index contributed by atoms with van der Waals surface area (Å²) < 4.78 is 14.1. The highest BCUT2D eigenvalue weighted by molar-refractivity contribution is 9.10. The number of hydrogen-bond acceptors (Lipinski definition) is 2. The van der Waals surface area contributed by atoms with Gasteiger partial charge in [0.1, 0.15) is 17.7 Å². The van der Waals surface area contributed by atoms with Gasteiger partial charge in [-0.15, -0.1) is 0 Å². The van der Waals surface area contributed by atoms with E-state index in [9.17, 15) is 9.18 Å². The van der Waals surface area contributed by atoms with Crippen LogP contribution in [-0.2, 0) is 0 Å². The van der Waals surface area contributed by atoms with Crippen molar-refractivity contribution in [2.24, 2.45) is 10.7 Å². The maximum atomic E-state index is 13.5. The van der Waals surface area contributed by atoms with E-state index in [4.69, 9.17) is 5.73 Å². The number of hydrogen-bond donors (Lipinski definition) is 2. The van der Waals surface area contributed by atoms with E-state index in [-0.39, 0.29) is 5.84 Å². The van der Waals surface area contributed by atoms with Gasteiger partial charge in [0.2, 0.25) is 0 Å². The van der Waals surface area contributed by atoms with Gasteiger partial charge in [-0.1, -0.05) is 22.0 Å². The van der Waals surface area contributed by atoms with Gasteiger partial charge in [-0.2, -0.15) is 4.99 Å². The molecule has 1 atom stereocenters. The van der Waals surface area contributed by atoms with Crippen molar-refractivity contribution >= 4 is 27.8 Å². The van der Waals surface area contributed by atoms with Gasteiger partial charge in [0.15, 0.2) is 0 Å². The molecule has 78 valence electrons. The lowest BCUT2D eigenvalue weighted by molar-refractivity contribution is 0.250. The molecule has 0 saturated heterocycles. The molecule has 1 aliphatic heterocycles. The SMILES string of the molecule is NC1=NC(=O)NC1c1ccc(Br)cc1F. The maximum Gasteiger partial charge on any atom is 0.343 e. The van der Waals surface area contributed by atoms with Crippen LogP contribution >= 0.6 is 15.9 Å². The molecule has 0 aromatic heterocycles. The summed E-state index contributed by atoms with van der Waals surface area (Å²) in [6.45, 7) is 0. The minimum absolute atomic E-state index is 0.0845. The highest BCUT2D eigenvalue weighted by Crippen LogP contribution is 2.23. The second-order valence-corrected chi connectivity index (χ2v) is 4.00. The Kier molecular flexibility index (Phi) is 2.44. The van der Waals surface area contributed by atoms with E-state index in [2.05, 4.69) is 26.2 Å². The van der Waals surface area contributed by atoms with Crippen molar-refractivity contribution < 1.29 is 9.18 Å². The molecule has 0 radical (unpaired) electrons. The van der Waals surface area contributed by atoms with Gasteiger partial charge in [0.25, 0.3) is 0 Å². The summed E-state index contributed by atoms with van der Waals surface area (Å²) in [6, 6.07) is 3.34. The number of amides is 2. The van der Waals surface area contributed by atoms with Crippen LogP contribution < -0.4 is 11.1 Å². The molecule has 1 aliphatic rings. The molecule has 15 heavy (non-hydrogen) atoms. The summed E-state index contributed by atoms with van der Waals surface area (Å²) in [6.07, 6.45) is 0. The molecular weight excluding hydrogens is 265 g/mol. The van der Waals surface area contributed by atoms with Gasteiger partial charge < -0.3 is 11.1 Å². The lowest BCUT2D eigenvalue weighted by Crippen LogP contribution is -2.28. The molecule has 1 aromatic rings. The van der Waals surface area contributed by atoms with E-state index < -0.39 is 17.9 Å². The fraction of sp³-hybridized carbons (Fsp3) is 0.111. The van der Waals surface area contributed by atoms with E-state index in [1.807, 2.05) is 0 Å². The minimum Gasteiger partial charge on any atom is -0.385 e. The monoisotopic (exact) mass is 271 g/mol. The minimum atomic E-state index is -0.661. The van der Waals surface area contributed by atoms with Crippen LogP contribution in [0.25, 0.3) is 0 Å². The van der Waals surface area contributed by atoms with Gasteiger partial charge in [0, 0.05) is 10.0 Å². The molecular formula is C9H7BrFN3O. The Bertz CT molecular complexity index is 461. The van der Waals surface area contributed by atoms with Crippen molar-refractivity contribution in [2.75, 3.05) is 0 Å². The third-order valence-electron chi connectivity index (χ3n) is 2.07. The molecule has 2 amide bonds. The summed E-state index contributed by atoms with van der Waals surface area (Å²) in [5.74, 6) is -0.351. The number of nitrogens with one attached hydrogen (secondary N) is 1. The number of carbonyl (C=O) groups excluding carboxylic acids is 1. The molecule has 2 rings (SSSR count). The van der Waals surface area contributed by atoms with Gasteiger partial charge >= 0.3 is 6.03 Å². The molecule has 0 spiro atoms. The van der Waals surface area contributed by atoms with Crippen molar-refractivity contribution in [1.82, 2.24) is 5.32 Å². The zero-order chi connectivity index (χ0) is 11.0. The van der Waals surface area contributed by atoms with Crippen LogP contribution in [0.1, 0.15) is 11.6 Å². The maximum absolute atomic E-state index is 13.5. The predicted octanol–water partition coefficient (Wildman–Crippen LogP) is 1.71. The summed E-state index contributed by atoms with van der Waals surface area (Å²) in [7, 11) is 0. The van der Waals surface area contributed by atoms with Crippen molar-refractivity contribution in [3.63, 3.8) is 0 Å².